The molecule has 0 saturated carbocycles. The zero-order chi connectivity index (χ0) is 10.7. The van der Waals surface area contributed by atoms with E-state index < -0.39 is 0 Å². The summed E-state index contributed by atoms with van der Waals surface area (Å²) in [6.07, 6.45) is 1.02. The summed E-state index contributed by atoms with van der Waals surface area (Å²) < 4.78 is 18.3. The normalized spacial score (nSPS) is 20.8. The Bertz CT molecular complexity index is 339. The molecule has 0 aliphatic carbocycles. The van der Waals surface area contributed by atoms with Gasteiger partial charge in [-0.1, -0.05) is 17.7 Å². The number of ether oxygens (including phenoxy) is 1. The Kier molecular flexibility index (Phi) is 3.57. The molecule has 1 aromatic rings. The third-order valence-corrected chi connectivity index (χ3v) is 2.82. The molecule has 0 spiro atoms. The maximum absolute atomic E-state index is 13.1. The molecular formula is C11H13ClFNO. The van der Waals surface area contributed by atoms with Crippen molar-refractivity contribution < 1.29 is 9.13 Å². The van der Waals surface area contributed by atoms with Crippen LogP contribution in [0.2, 0.25) is 5.02 Å². The first-order valence-corrected chi connectivity index (χ1v) is 5.38. The maximum Gasteiger partial charge on any atom is 0.142 e. The van der Waals surface area contributed by atoms with Crippen molar-refractivity contribution in [2.75, 3.05) is 13.2 Å². The molecule has 1 aliphatic rings. The molecule has 1 fully saturated rings. The molecular weight excluding hydrogens is 217 g/mol. The summed E-state index contributed by atoms with van der Waals surface area (Å²) in [7, 11) is 0. The van der Waals surface area contributed by atoms with Crippen LogP contribution in [0.3, 0.4) is 0 Å². The van der Waals surface area contributed by atoms with Crippen molar-refractivity contribution in [3.05, 3.63) is 34.6 Å². The average Bonchev–Trinajstić information content (AvgIpc) is 2.73. The minimum Gasteiger partial charge on any atom is -0.380 e. The van der Waals surface area contributed by atoms with Gasteiger partial charge in [0.05, 0.1) is 11.6 Å². The van der Waals surface area contributed by atoms with Gasteiger partial charge in [0.25, 0.3) is 0 Å². The molecule has 1 aliphatic heterocycles. The maximum atomic E-state index is 13.1. The number of rotatable bonds is 3. The Labute approximate surface area is 93.4 Å². The molecule has 1 heterocycles. The van der Waals surface area contributed by atoms with Gasteiger partial charge in [-0.15, -0.1) is 0 Å². The number of benzene rings is 1. The van der Waals surface area contributed by atoms with Crippen molar-refractivity contribution in [2.24, 2.45) is 0 Å². The van der Waals surface area contributed by atoms with Crippen LogP contribution in [0.4, 0.5) is 4.39 Å². The van der Waals surface area contributed by atoms with E-state index in [1.165, 1.54) is 6.07 Å². The molecule has 1 aromatic carbocycles. The molecule has 0 aromatic heterocycles. The summed E-state index contributed by atoms with van der Waals surface area (Å²) >= 11 is 5.59. The molecule has 1 N–H and O–H groups in total. The first-order valence-electron chi connectivity index (χ1n) is 5.01. The number of hydrogen-bond acceptors (Lipinski definition) is 2. The van der Waals surface area contributed by atoms with E-state index in [2.05, 4.69) is 5.32 Å². The fourth-order valence-corrected chi connectivity index (χ4v) is 1.72. The van der Waals surface area contributed by atoms with Crippen LogP contribution in [0.5, 0.6) is 0 Å². The Balaban J connectivity index is 1.90. The van der Waals surface area contributed by atoms with Gasteiger partial charge < -0.3 is 10.1 Å². The van der Waals surface area contributed by atoms with Gasteiger partial charge in [0.1, 0.15) is 5.82 Å². The zero-order valence-corrected chi connectivity index (χ0v) is 9.06. The summed E-state index contributed by atoms with van der Waals surface area (Å²) in [5.41, 5.74) is 0.906. The first kappa shape index (κ1) is 10.9. The fourth-order valence-electron chi connectivity index (χ4n) is 1.61. The Morgan fingerprint density at radius 1 is 1.53 bits per heavy atom. The second kappa shape index (κ2) is 4.92. The lowest BCUT2D eigenvalue weighted by atomic mass is 10.2. The molecule has 1 atom stereocenters. The third kappa shape index (κ3) is 2.91. The van der Waals surface area contributed by atoms with Gasteiger partial charge in [0.2, 0.25) is 0 Å². The second-order valence-electron chi connectivity index (χ2n) is 3.69. The van der Waals surface area contributed by atoms with Gasteiger partial charge in [-0.2, -0.15) is 0 Å². The number of halogens is 2. The lowest BCUT2D eigenvalue weighted by Gasteiger charge is -2.10. The van der Waals surface area contributed by atoms with E-state index in [0.717, 1.165) is 25.2 Å². The van der Waals surface area contributed by atoms with Gasteiger partial charge in [0, 0.05) is 19.2 Å². The number of hydrogen-bond donors (Lipinski definition) is 1. The minimum absolute atomic E-state index is 0.169. The largest absolute Gasteiger partial charge is 0.380 e. The predicted octanol–water partition coefficient (Wildman–Crippen LogP) is 2.36. The monoisotopic (exact) mass is 229 g/mol. The molecule has 0 radical (unpaired) electrons. The van der Waals surface area contributed by atoms with Crippen LogP contribution in [0, 0.1) is 5.82 Å². The van der Waals surface area contributed by atoms with Crippen molar-refractivity contribution in [3.63, 3.8) is 0 Å². The van der Waals surface area contributed by atoms with E-state index in [1.54, 1.807) is 6.07 Å². The van der Waals surface area contributed by atoms with Crippen molar-refractivity contribution in [1.82, 2.24) is 5.32 Å². The molecule has 15 heavy (non-hydrogen) atoms. The Morgan fingerprint density at radius 3 is 3.07 bits per heavy atom. The minimum atomic E-state index is -0.362. The van der Waals surface area contributed by atoms with Crippen LogP contribution in [0.25, 0.3) is 0 Å². The smallest absolute Gasteiger partial charge is 0.142 e. The highest BCUT2D eigenvalue weighted by molar-refractivity contribution is 6.30. The summed E-state index contributed by atoms with van der Waals surface area (Å²) in [5, 5.41) is 3.48. The van der Waals surface area contributed by atoms with Crippen LogP contribution >= 0.6 is 11.6 Å². The van der Waals surface area contributed by atoms with Gasteiger partial charge >= 0.3 is 0 Å². The highest BCUT2D eigenvalue weighted by Crippen LogP contribution is 2.15. The van der Waals surface area contributed by atoms with Crippen LogP contribution in [0.1, 0.15) is 12.0 Å². The molecule has 0 bridgehead atoms. The average molecular weight is 230 g/mol. The molecule has 1 unspecified atom stereocenters. The van der Waals surface area contributed by atoms with Crippen molar-refractivity contribution in [2.45, 2.75) is 19.0 Å². The Morgan fingerprint density at radius 2 is 2.40 bits per heavy atom. The molecule has 2 nitrogen and oxygen atoms in total. The first-order chi connectivity index (χ1) is 7.25. The predicted molar refractivity (Wildman–Crippen MR) is 57.5 cm³/mol. The summed E-state index contributed by atoms with van der Waals surface area (Å²) in [4.78, 5) is 0. The van der Waals surface area contributed by atoms with Gasteiger partial charge in [-0.25, -0.2) is 4.39 Å². The second-order valence-corrected chi connectivity index (χ2v) is 4.10. The fraction of sp³-hybridized carbons (Fsp3) is 0.455. The van der Waals surface area contributed by atoms with Crippen molar-refractivity contribution in [1.29, 1.82) is 0 Å². The van der Waals surface area contributed by atoms with E-state index in [0.29, 0.717) is 12.6 Å². The van der Waals surface area contributed by atoms with E-state index >= 15 is 0 Å². The molecule has 82 valence electrons. The Hall–Kier alpha value is -0.640. The van der Waals surface area contributed by atoms with E-state index in [-0.39, 0.29) is 10.8 Å². The van der Waals surface area contributed by atoms with E-state index in [9.17, 15) is 4.39 Å². The van der Waals surface area contributed by atoms with Crippen LogP contribution < -0.4 is 5.32 Å². The lowest BCUT2D eigenvalue weighted by molar-refractivity contribution is 0.190. The molecule has 0 amide bonds. The van der Waals surface area contributed by atoms with Crippen molar-refractivity contribution >= 4 is 11.6 Å². The van der Waals surface area contributed by atoms with Crippen LogP contribution in [0.15, 0.2) is 18.2 Å². The van der Waals surface area contributed by atoms with Crippen LogP contribution in [-0.2, 0) is 11.3 Å². The molecule has 2 rings (SSSR count). The quantitative estimate of drug-likeness (QED) is 0.859. The topological polar surface area (TPSA) is 21.3 Å². The SMILES string of the molecule is Fc1cc(CNC2CCOC2)ccc1Cl. The molecule has 4 heteroatoms. The van der Waals surface area contributed by atoms with E-state index in [4.69, 9.17) is 16.3 Å². The van der Waals surface area contributed by atoms with Gasteiger partial charge in [0.15, 0.2) is 0 Å². The van der Waals surface area contributed by atoms with Gasteiger partial charge in [-0.3, -0.25) is 0 Å². The highest BCUT2D eigenvalue weighted by atomic mass is 35.5. The highest BCUT2D eigenvalue weighted by Gasteiger charge is 2.14. The van der Waals surface area contributed by atoms with Crippen molar-refractivity contribution in [3.8, 4) is 0 Å². The summed E-state index contributed by atoms with van der Waals surface area (Å²) in [6, 6.07) is 5.27. The third-order valence-electron chi connectivity index (χ3n) is 2.51. The van der Waals surface area contributed by atoms with E-state index in [1.807, 2.05) is 6.07 Å². The zero-order valence-electron chi connectivity index (χ0n) is 8.30. The number of nitrogens with one attached hydrogen (secondary N) is 1. The summed E-state index contributed by atoms with van der Waals surface area (Å²) in [6.45, 7) is 2.21. The molecule has 1 saturated heterocycles. The van der Waals surface area contributed by atoms with Gasteiger partial charge in [-0.05, 0) is 24.1 Å². The lowest BCUT2D eigenvalue weighted by Crippen LogP contribution is -2.28. The summed E-state index contributed by atoms with van der Waals surface area (Å²) in [5.74, 6) is -0.362. The standard InChI is InChI=1S/C11H13ClFNO/c12-10-2-1-8(5-11(10)13)6-14-9-3-4-15-7-9/h1-2,5,9,14H,3-4,6-7H2. The van der Waals surface area contributed by atoms with Crippen LogP contribution in [-0.4, -0.2) is 19.3 Å².